The normalized spacial score (nSPS) is 14.3. The van der Waals surface area contributed by atoms with Crippen molar-refractivity contribution in [2.24, 2.45) is 5.73 Å². The molecule has 2 atom stereocenters. The summed E-state index contributed by atoms with van der Waals surface area (Å²) in [6.45, 7) is 4.75. The Morgan fingerprint density at radius 2 is 1.14 bits per heavy atom. The van der Waals surface area contributed by atoms with Crippen LogP contribution in [-0.4, -0.2) is 49.9 Å². The number of hydrogen-bond acceptors (Lipinski definition) is 7. The Labute approximate surface area is 300 Å². The van der Waals surface area contributed by atoms with Crippen LogP contribution in [0, 0.1) is 0 Å². The van der Waals surface area contributed by atoms with Gasteiger partial charge in [0.05, 0.1) is 19.8 Å². The van der Waals surface area contributed by atoms with Gasteiger partial charge in [0.15, 0.2) is 0 Å². The number of unbranched alkanes of at least 4 members (excludes halogenated alkanes) is 13. The number of carbonyl (C=O) groups excluding carboxylic acids is 1. The van der Waals surface area contributed by atoms with E-state index in [1.54, 1.807) is 0 Å². The highest BCUT2D eigenvalue weighted by molar-refractivity contribution is 7.47. The van der Waals surface area contributed by atoms with E-state index in [0.29, 0.717) is 13.0 Å². The lowest BCUT2D eigenvalue weighted by Gasteiger charge is -2.20. The van der Waals surface area contributed by atoms with Gasteiger partial charge in [0.1, 0.15) is 6.10 Å². The van der Waals surface area contributed by atoms with Crippen molar-refractivity contribution < 1.29 is 32.8 Å². The van der Waals surface area contributed by atoms with Gasteiger partial charge < -0.3 is 20.1 Å². The number of nitrogens with two attached hydrogens (primary N) is 1. The van der Waals surface area contributed by atoms with Crippen LogP contribution < -0.4 is 5.73 Å². The van der Waals surface area contributed by atoms with Crippen molar-refractivity contribution in [1.82, 2.24) is 0 Å². The Kier molecular flexibility index (Phi) is 36.1. The molecule has 0 amide bonds. The van der Waals surface area contributed by atoms with Crippen LogP contribution in [0.1, 0.15) is 149 Å². The van der Waals surface area contributed by atoms with E-state index in [1.807, 2.05) is 0 Å². The van der Waals surface area contributed by atoms with Crippen molar-refractivity contribution in [2.75, 3.05) is 33.0 Å². The maximum atomic E-state index is 12.5. The molecule has 0 aromatic carbocycles. The monoisotopic (exact) mass is 710 g/mol. The number of rotatable bonds is 36. The summed E-state index contributed by atoms with van der Waals surface area (Å²) in [5, 5.41) is 0. The average molecular weight is 710 g/mol. The highest BCUT2D eigenvalue weighted by Gasteiger charge is 2.25. The number of esters is 1. The summed E-state index contributed by atoms with van der Waals surface area (Å²) in [7, 11) is -4.27. The SMILES string of the molecule is CC/C=C\C/C=C\C/C=C\C/C=C\C/C=C\CCCCCCCC(=O)OC(COCCCCCCCCCCC)COP(=O)(O)OCCN. The third-order valence-corrected chi connectivity index (χ3v) is 8.68. The van der Waals surface area contributed by atoms with E-state index >= 15 is 0 Å². The molecular weight excluding hydrogens is 637 g/mol. The van der Waals surface area contributed by atoms with E-state index in [-0.39, 0.29) is 32.3 Å². The Balaban J connectivity index is 4.09. The van der Waals surface area contributed by atoms with E-state index in [0.717, 1.165) is 83.5 Å². The maximum absolute atomic E-state index is 12.5. The lowest BCUT2D eigenvalue weighted by atomic mass is 10.1. The Hall–Kier alpha value is -1.80. The number of carbonyl (C=O) groups is 1. The summed E-state index contributed by atoms with van der Waals surface area (Å²) in [4.78, 5) is 22.4. The van der Waals surface area contributed by atoms with Gasteiger partial charge in [-0.25, -0.2) is 4.57 Å². The van der Waals surface area contributed by atoms with Crippen molar-refractivity contribution in [1.29, 1.82) is 0 Å². The Bertz CT molecular complexity index is 932. The summed E-state index contributed by atoms with van der Waals surface area (Å²) in [6.07, 6.45) is 43.8. The quantitative estimate of drug-likeness (QED) is 0.0286. The Morgan fingerprint density at radius 3 is 1.71 bits per heavy atom. The molecule has 3 N–H and O–H groups in total. The van der Waals surface area contributed by atoms with Crippen LogP contribution in [0.15, 0.2) is 60.8 Å². The van der Waals surface area contributed by atoms with Gasteiger partial charge >= 0.3 is 13.8 Å². The molecule has 0 saturated carbocycles. The average Bonchev–Trinajstić information content (AvgIpc) is 3.09. The lowest BCUT2D eigenvalue weighted by molar-refractivity contribution is -0.154. The molecule has 9 heteroatoms. The van der Waals surface area contributed by atoms with Gasteiger partial charge in [0, 0.05) is 19.6 Å². The molecule has 0 aromatic heterocycles. The first kappa shape index (κ1) is 47.2. The molecule has 0 aliphatic carbocycles. The van der Waals surface area contributed by atoms with E-state index in [1.165, 1.54) is 44.9 Å². The van der Waals surface area contributed by atoms with E-state index in [4.69, 9.17) is 24.3 Å². The Morgan fingerprint density at radius 1 is 0.633 bits per heavy atom. The van der Waals surface area contributed by atoms with Gasteiger partial charge in [-0.1, -0.05) is 145 Å². The van der Waals surface area contributed by atoms with Gasteiger partial charge in [-0.05, 0) is 57.8 Å². The fourth-order valence-electron chi connectivity index (χ4n) is 4.90. The van der Waals surface area contributed by atoms with E-state index < -0.39 is 13.9 Å². The minimum Gasteiger partial charge on any atom is -0.457 e. The van der Waals surface area contributed by atoms with Crippen molar-refractivity contribution in [2.45, 2.75) is 155 Å². The minimum absolute atomic E-state index is 0.0948. The second-order valence-electron chi connectivity index (χ2n) is 12.4. The molecule has 0 radical (unpaired) electrons. The third kappa shape index (κ3) is 37.3. The molecule has 0 aliphatic heterocycles. The van der Waals surface area contributed by atoms with Gasteiger partial charge in [-0.3, -0.25) is 13.8 Å². The van der Waals surface area contributed by atoms with Crippen molar-refractivity contribution in [3.8, 4) is 0 Å². The first-order valence-electron chi connectivity index (χ1n) is 19.3. The summed E-state index contributed by atoms with van der Waals surface area (Å²) in [5.74, 6) is -0.352. The van der Waals surface area contributed by atoms with Gasteiger partial charge in [-0.2, -0.15) is 0 Å². The van der Waals surface area contributed by atoms with E-state index in [9.17, 15) is 14.3 Å². The molecule has 0 aliphatic rings. The third-order valence-electron chi connectivity index (χ3n) is 7.70. The first-order chi connectivity index (χ1) is 23.9. The second-order valence-corrected chi connectivity index (χ2v) is 13.9. The summed E-state index contributed by atoms with van der Waals surface area (Å²) in [6, 6.07) is 0. The predicted molar refractivity (Wildman–Crippen MR) is 205 cm³/mol. The lowest BCUT2D eigenvalue weighted by Crippen LogP contribution is -2.28. The van der Waals surface area contributed by atoms with Crippen molar-refractivity contribution >= 4 is 13.8 Å². The molecule has 0 heterocycles. The van der Waals surface area contributed by atoms with Gasteiger partial charge in [0.25, 0.3) is 0 Å². The van der Waals surface area contributed by atoms with Crippen LogP contribution in [0.2, 0.25) is 0 Å². The zero-order valence-corrected chi connectivity index (χ0v) is 32.1. The maximum Gasteiger partial charge on any atom is 0.472 e. The van der Waals surface area contributed by atoms with Crippen molar-refractivity contribution in [3.05, 3.63) is 60.8 Å². The predicted octanol–water partition coefficient (Wildman–Crippen LogP) is 11.0. The van der Waals surface area contributed by atoms with Crippen LogP contribution in [0.5, 0.6) is 0 Å². The minimum atomic E-state index is -4.27. The summed E-state index contributed by atoms with van der Waals surface area (Å²) in [5.41, 5.74) is 5.34. The molecule has 0 aromatic rings. The summed E-state index contributed by atoms with van der Waals surface area (Å²) < 4.78 is 33.2. The number of allylic oxidation sites excluding steroid dienone is 10. The van der Waals surface area contributed by atoms with Crippen LogP contribution in [0.3, 0.4) is 0 Å². The van der Waals surface area contributed by atoms with Crippen LogP contribution in [0.25, 0.3) is 0 Å². The highest BCUT2D eigenvalue weighted by atomic mass is 31.2. The number of phosphoric acid groups is 1. The van der Waals surface area contributed by atoms with Gasteiger partial charge in [-0.15, -0.1) is 0 Å². The highest BCUT2D eigenvalue weighted by Crippen LogP contribution is 2.43. The van der Waals surface area contributed by atoms with Gasteiger partial charge in [0.2, 0.25) is 0 Å². The van der Waals surface area contributed by atoms with E-state index in [2.05, 4.69) is 74.6 Å². The number of phosphoric ester groups is 1. The molecule has 2 unspecified atom stereocenters. The number of ether oxygens (including phenoxy) is 2. The standard InChI is InChI=1S/C40H72NO7P/c1-3-5-7-9-11-13-14-15-16-17-18-19-20-21-22-23-24-25-27-29-31-33-40(42)48-39(38-47-49(43,44)46-36-34-41)37-45-35-32-30-28-26-12-10-8-6-4-2/h5,7,11,13,15-16,18-19,21-22,39H,3-4,6,8-10,12,14,17,20,23-38,41H2,1-2H3,(H,43,44)/b7-5-,13-11-,16-15-,19-18-,22-21-. The molecular formula is C40H72NO7P. The molecule has 0 saturated heterocycles. The largest absolute Gasteiger partial charge is 0.472 e. The topological polar surface area (TPSA) is 117 Å². The number of hydrogen-bond donors (Lipinski definition) is 2. The van der Waals surface area contributed by atoms with Crippen LogP contribution in [0.4, 0.5) is 0 Å². The smallest absolute Gasteiger partial charge is 0.457 e. The van der Waals surface area contributed by atoms with Crippen LogP contribution >= 0.6 is 7.82 Å². The molecule has 0 fully saturated rings. The van der Waals surface area contributed by atoms with Crippen molar-refractivity contribution in [3.63, 3.8) is 0 Å². The molecule has 8 nitrogen and oxygen atoms in total. The second kappa shape index (κ2) is 37.5. The zero-order valence-electron chi connectivity index (χ0n) is 31.2. The molecule has 0 rings (SSSR count). The summed E-state index contributed by atoms with van der Waals surface area (Å²) >= 11 is 0. The van der Waals surface area contributed by atoms with Crippen LogP contribution in [-0.2, 0) is 27.9 Å². The molecule has 49 heavy (non-hydrogen) atoms. The first-order valence-corrected chi connectivity index (χ1v) is 20.8. The molecule has 0 spiro atoms. The fraction of sp³-hybridized carbons (Fsp3) is 0.725. The fourth-order valence-corrected chi connectivity index (χ4v) is 5.67. The zero-order chi connectivity index (χ0) is 35.9. The molecule has 284 valence electrons. The molecule has 0 bridgehead atoms.